The second-order valence-corrected chi connectivity index (χ2v) is 8.49. The Bertz CT molecular complexity index is 834. The minimum Gasteiger partial charge on any atom is -0.452 e. The minimum absolute atomic E-state index is 0.360. The van der Waals surface area contributed by atoms with Crippen LogP contribution in [0.4, 0.5) is 13.2 Å². The molecule has 11 heteroatoms. The Morgan fingerprint density at radius 3 is 2.38 bits per heavy atom. The number of rotatable bonds is 6. The molecule has 1 aromatic carbocycles. The van der Waals surface area contributed by atoms with Gasteiger partial charge in [0, 0.05) is 13.1 Å². The quantitative estimate of drug-likeness (QED) is 0.691. The molecule has 1 N–H and O–H groups in total. The Balaban J connectivity index is 1.93. The number of amides is 1. The number of carbonyl (C=O) groups excluding carboxylic acids is 2. The number of carbonyl (C=O) groups is 2. The van der Waals surface area contributed by atoms with Gasteiger partial charge >= 0.3 is 12.1 Å². The Morgan fingerprint density at radius 2 is 1.79 bits per heavy atom. The van der Waals surface area contributed by atoms with Gasteiger partial charge in [0.05, 0.1) is 10.5 Å². The van der Waals surface area contributed by atoms with Crippen molar-refractivity contribution in [3.63, 3.8) is 0 Å². The van der Waals surface area contributed by atoms with Gasteiger partial charge in [0.2, 0.25) is 10.0 Å². The minimum atomic E-state index is -4.70. The topological polar surface area (TPSA) is 92.8 Å². The summed E-state index contributed by atoms with van der Waals surface area (Å²) in [6, 6.07) is 3.15. The van der Waals surface area contributed by atoms with E-state index in [0.717, 1.165) is 43.9 Å². The van der Waals surface area contributed by atoms with E-state index in [4.69, 9.17) is 4.74 Å². The summed E-state index contributed by atoms with van der Waals surface area (Å²) < 4.78 is 69.4. The molecule has 1 amide bonds. The molecule has 0 saturated carbocycles. The number of alkyl halides is 3. The van der Waals surface area contributed by atoms with Gasteiger partial charge in [-0.1, -0.05) is 18.9 Å². The molecule has 0 aromatic heterocycles. The van der Waals surface area contributed by atoms with Gasteiger partial charge in [-0.15, -0.1) is 0 Å². The van der Waals surface area contributed by atoms with Crippen molar-refractivity contribution in [1.29, 1.82) is 0 Å². The number of nitrogens with zero attached hydrogens (tertiary/aromatic N) is 1. The maximum atomic E-state index is 12.7. The second kappa shape index (κ2) is 9.57. The zero-order valence-electron chi connectivity index (χ0n) is 15.9. The summed E-state index contributed by atoms with van der Waals surface area (Å²) in [5, 5.41) is 0. The zero-order chi connectivity index (χ0) is 21.7. The van der Waals surface area contributed by atoms with E-state index >= 15 is 0 Å². The van der Waals surface area contributed by atoms with Crippen molar-refractivity contribution >= 4 is 21.9 Å². The van der Waals surface area contributed by atoms with Crippen LogP contribution in [-0.2, 0) is 30.5 Å². The Morgan fingerprint density at radius 1 is 1.17 bits per heavy atom. The summed E-state index contributed by atoms with van der Waals surface area (Å²) in [7, 11) is -4.37. The van der Waals surface area contributed by atoms with Crippen molar-refractivity contribution in [2.75, 3.05) is 19.6 Å². The smallest absolute Gasteiger partial charge is 0.416 e. The van der Waals surface area contributed by atoms with Crippen molar-refractivity contribution < 1.29 is 35.9 Å². The van der Waals surface area contributed by atoms with E-state index in [1.165, 1.54) is 6.92 Å². The Hall–Kier alpha value is -2.14. The number of halogens is 3. The first-order chi connectivity index (χ1) is 13.5. The molecule has 1 aromatic rings. The normalized spacial score (nSPS) is 16.8. The number of sulfonamides is 1. The first-order valence-corrected chi connectivity index (χ1v) is 10.6. The maximum Gasteiger partial charge on any atom is 0.416 e. The van der Waals surface area contributed by atoms with Crippen LogP contribution in [0.1, 0.15) is 38.2 Å². The lowest BCUT2D eigenvalue weighted by Crippen LogP contribution is -2.42. The number of likely N-dealkylation sites (tertiary alicyclic amines) is 1. The zero-order valence-corrected chi connectivity index (χ0v) is 16.7. The van der Waals surface area contributed by atoms with Gasteiger partial charge in [-0.3, -0.25) is 9.59 Å². The van der Waals surface area contributed by atoms with Crippen LogP contribution in [0.2, 0.25) is 0 Å². The SMILES string of the molecule is CC(OC(=O)CNS(=O)(=O)c1cccc(C(F)(F)F)c1)C(=O)N1CCCCCC1. The fourth-order valence-corrected chi connectivity index (χ4v) is 3.93. The molecule has 0 radical (unpaired) electrons. The number of hydrogen-bond donors (Lipinski definition) is 1. The van der Waals surface area contributed by atoms with Gasteiger partial charge in [-0.2, -0.15) is 17.9 Å². The average molecular weight is 436 g/mol. The van der Waals surface area contributed by atoms with Gasteiger partial charge in [-0.25, -0.2) is 8.42 Å². The monoisotopic (exact) mass is 436 g/mol. The van der Waals surface area contributed by atoms with Gasteiger partial charge < -0.3 is 9.64 Å². The fraction of sp³-hybridized carbons (Fsp3) is 0.556. The molecule has 162 valence electrons. The molecule has 1 heterocycles. The third kappa shape index (κ3) is 6.70. The number of benzene rings is 1. The lowest BCUT2D eigenvalue weighted by Gasteiger charge is -2.24. The Labute approximate surface area is 167 Å². The first kappa shape index (κ1) is 23.1. The molecule has 2 rings (SSSR count). The van der Waals surface area contributed by atoms with Crippen molar-refractivity contribution in [1.82, 2.24) is 9.62 Å². The van der Waals surface area contributed by atoms with E-state index in [2.05, 4.69) is 0 Å². The molecule has 0 spiro atoms. The van der Waals surface area contributed by atoms with Crippen LogP contribution in [0, 0.1) is 0 Å². The Kier molecular flexibility index (Phi) is 7.64. The molecule has 1 aliphatic rings. The highest BCUT2D eigenvalue weighted by Gasteiger charge is 2.32. The summed E-state index contributed by atoms with van der Waals surface area (Å²) in [6.45, 7) is 1.73. The van der Waals surface area contributed by atoms with Crippen molar-refractivity contribution in [3.05, 3.63) is 29.8 Å². The van der Waals surface area contributed by atoms with Gasteiger partial charge in [0.15, 0.2) is 6.10 Å². The van der Waals surface area contributed by atoms with Crippen LogP contribution in [0.15, 0.2) is 29.2 Å². The molecular weight excluding hydrogens is 413 g/mol. The third-order valence-electron chi connectivity index (χ3n) is 4.45. The summed E-state index contributed by atoms with van der Waals surface area (Å²) in [5.41, 5.74) is -1.13. The van der Waals surface area contributed by atoms with Crippen molar-refractivity contribution in [3.8, 4) is 0 Å². The molecule has 1 saturated heterocycles. The van der Waals surface area contributed by atoms with E-state index < -0.39 is 45.3 Å². The highest BCUT2D eigenvalue weighted by Crippen LogP contribution is 2.30. The summed E-state index contributed by atoms with van der Waals surface area (Å²) >= 11 is 0. The van der Waals surface area contributed by atoms with Crippen LogP contribution in [0.25, 0.3) is 0 Å². The predicted octanol–water partition coefficient (Wildman–Crippen LogP) is 2.32. The van der Waals surface area contributed by atoms with Crippen LogP contribution < -0.4 is 4.72 Å². The van der Waals surface area contributed by atoms with Crippen LogP contribution in [-0.4, -0.2) is 50.9 Å². The maximum absolute atomic E-state index is 12.7. The van der Waals surface area contributed by atoms with E-state index in [9.17, 15) is 31.2 Å². The molecule has 7 nitrogen and oxygen atoms in total. The van der Waals surface area contributed by atoms with Crippen LogP contribution >= 0.6 is 0 Å². The third-order valence-corrected chi connectivity index (χ3v) is 5.85. The first-order valence-electron chi connectivity index (χ1n) is 9.16. The van der Waals surface area contributed by atoms with Crippen LogP contribution in [0.3, 0.4) is 0 Å². The highest BCUT2D eigenvalue weighted by atomic mass is 32.2. The predicted molar refractivity (Wildman–Crippen MR) is 97.2 cm³/mol. The number of nitrogens with one attached hydrogen (secondary N) is 1. The largest absolute Gasteiger partial charge is 0.452 e. The highest BCUT2D eigenvalue weighted by molar-refractivity contribution is 7.89. The van der Waals surface area contributed by atoms with Crippen LogP contribution in [0.5, 0.6) is 0 Å². The molecule has 0 bridgehead atoms. The lowest BCUT2D eigenvalue weighted by molar-refractivity contribution is -0.158. The van der Waals surface area contributed by atoms with E-state index in [0.29, 0.717) is 19.2 Å². The lowest BCUT2D eigenvalue weighted by atomic mass is 10.2. The van der Waals surface area contributed by atoms with E-state index in [-0.39, 0.29) is 5.91 Å². The van der Waals surface area contributed by atoms with Crippen molar-refractivity contribution in [2.45, 2.75) is 49.8 Å². The molecule has 1 fully saturated rings. The van der Waals surface area contributed by atoms with Gasteiger partial charge in [0.1, 0.15) is 6.54 Å². The second-order valence-electron chi connectivity index (χ2n) is 6.72. The van der Waals surface area contributed by atoms with Gasteiger partial charge in [-0.05, 0) is 38.0 Å². The van der Waals surface area contributed by atoms with E-state index in [1.54, 1.807) is 4.90 Å². The molecule has 29 heavy (non-hydrogen) atoms. The molecule has 1 unspecified atom stereocenters. The number of hydrogen-bond acceptors (Lipinski definition) is 5. The van der Waals surface area contributed by atoms with E-state index in [1.807, 2.05) is 4.72 Å². The van der Waals surface area contributed by atoms with Crippen molar-refractivity contribution in [2.24, 2.45) is 0 Å². The summed E-state index contributed by atoms with van der Waals surface area (Å²) in [6.07, 6.45) is -2.01. The average Bonchev–Trinajstić information content (AvgIpc) is 2.94. The van der Waals surface area contributed by atoms with Gasteiger partial charge in [0.25, 0.3) is 5.91 Å². The molecule has 0 aliphatic carbocycles. The number of esters is 1. The molecule has 1 aliphatic heterocycles. The fourth-order valence-electron chi connectivity index (χ4n) is 2.91. The summed E-state index contributed by atoms with van der Waals surface area (Å²) in [5.74, 6) is -1.36. The molecular formula is C18H23F3N2O5S. The molecule has 1 atom stereocenters. The standard InChI is InChI=1S/C18H23F3N2O5S/c1-13(17(25)23-9-4-2-3-5-10-23)28-16(24)12-22-29(26,27)15-8-6-7-14(11-15)18(19,20)21/h6-8,11,13,22H,2-5,9-10,12H2,1H3. The summed E-state index contributed by atoms with van der Waals surface area (Å²) in [4.78, 5) is 25.2. The number of ether oxygens (including phenoxy) is 1.